The maximum Gasteiger partial charge on any atom is 0.434 e. The van der Waals surface area contributed by atoms with Crippen LogP contribution in [0.25, 0.3) is 0 Å². The first-order valence-corrected chi connectivity index (χ1v) is 6.33. The van der Waals surface area contributed by atoms with Gasteiger partial charge in [0.1, 0.15) is 5.60 Å². The van der Waals surface area contributed by atoms with Crippen LogP contribution in [0.2, 0.25) is 0 Å². The maximum absolute atomic E-state index is 11.8. The number of hydrogen-bond donors (Lipinski definition) is 1. The van der Waals surface area contributed by atoms with E-state index in [4.69, 9.17) is 14.2 Å². The Morgan fingerprint density at radius 2 is 2.11 bits per heavy atom. The molecule has 1 aliphatic rings. The van der Waals surface area contributed by atoms with Gasteiger partial charge in [0.05, 0.1) is 25.4 Å². The number of amides is 1. The Bertz CT molecular complexity index is 323. The molecule has 0 bridgehead atoms. The van der Waals surface area contributed by atoms with Gasteiger partial charge in [-0.15, -0.1) is 0 Å². The molecule has 0 aromatic rings. The van der Waals surface area contributed by atoms with Crippen LogP contribution in [0, 0.1) is 0 Å². The molecule has 1 aliphatic carbocycles. The summed E-state index contributed by atoms with van der Waals surface area (Å²) in [6.07, 6.45) is 3.13. The van der Waals surface area contributed by atoms with Crippen molar-refractivity contribution >= 4 is 6.09 Å². The molecule has 0 spiro atoms. The Morgan fingerprint density at radius 3 is 2.68 bits per heavy atom. The van der Waals surface area contributed by atoms with E-state index in [2.05, 4.69) is 0 Å². The van der Waals surface area contributed by atoms with Gasteiger partial charge in [-0.2, -0.15) is 5.06 Å². The van der Waals surface area contributed by atoms with Crippen LogP contribution in [0.15, 0.2) is 12.2 Å². The van der Waals surface area contributed by atoms with Gasteiger partial charge in [0.15, 0.2) is 0 Å². The molecule has 0 radical (unpaired) electrons. The topological polar surface area (TPSA) is 68.2 Å². The van der Waals surface area contributed by atoms with Crippen molar-refractivity contribution in [1.29, 1.82) is 0 Å². The number of hydrogen-bond acceptors (Lipinski definition) is 5. The molecule has 0 fully saturated rings. The van der Waals surface area contributed by atoms with Crippen molar-refractivity contribution < 1.29 is 24.2 Å². The second kappa shape index (κ2) is 6.88. The summed E-state index contributed by atoms with van der Waals surface area (Å²) in [5.41, 5.74) is -0.642. The van der Waals surface area contributed by atoms with Crippen LogP contribution in [-0.2, 0) is 14.2 Å². The Hall–Kier alpha value is -1.11. The Labute approximate surface area is 113 Å². The van der Waals surface area contributed by atoms with Gasteiger partial charge in [0, 0.05) is 7.11 Å². The van der Waals surface area contributed by atoms with E-state index in [-0.39, 0.29) is 6.10 Å². The first-order valence-electron chi connectivity index (χ1n) is 6.33. The van der Waals surface area contributed by atoms with Crippen LogP contribution in [0.1, 0.15) is 27.2 Å². The molecule has 6 heteroatoms. The molecule has 0 saturated heterocycles. The van der Waals surface area contributed by atoms with Gasteiger partial charge in [0.2, 0.25) is 0 Å². The average molecular weight is 273 g/mol. The number of nitrogens with zero attached hydrogens (tertiary/aromatic N) is 1. The molecular formula is C13H23NO5. The molecule has 1 N–H and O–H groups in total. The second-order valence-corrected chi connectivity index (χ2v) is 5.38. The normalized spacial score (nSPS) is 22.6. The molecule has 0 heterocycles. The third-order valence-corrected chi connectivity index (χ3v) is 2.58. The fraction of sp³-hybridized carbons (Fsp3) is 0.769. The lowest BCUT2D eigenvalue weighted by Gasteiger charge is -2.29. The van der Waals surface area contributed by atoms with Crippen molar-refractivity contribution in [2.24, 2.45) is 0 Å². The monoisotopic (exact) mass is 273 g/mol. The van der Waals surface area contributed by atoms with E-state index >= 15 is 0 Å². The quantitative estimate of drug-likeness (QED) is 0.359. The molecular weight excluding hydrogens is 250 g/mol. The molecule has 2 atom stereocenters. The van der Waals surface area contributed by atoms with Gasteiger partial charge < -0.3 is 14.2 Å². The summed E-state index contributed by atoms with van der Waals surface area (Å²) in [6.45, 7) is 6.12. The largest absolute Gasteiger partial charge is 0.442 e. The summed E-state index contributed by atoms with van der Waals surface area (Å²) in [4.78, 5) is 11.8. The average Bonchev–Trinajstić information content (AvgIpc) is 2.74. The number of hydroxylamine groups is 2. The van der Waals surface area contributed by atoms with Crippen molar-refractivity contribution in [1.82, 2.24) is 5.06 Å². The fourth-order valence-corrected chi connectivity index (χ4v) is 1.73. The van der Waals surface area contributed by atoms with Crippen molar-refractivity contribution in [3.05, 3.63) is 12.2 Å². The molecule has 110 valence electrons. The van der Waals surface area contributed by atoms with Crippen molar-refractivity contribution in [3.63, 3.8) is 0 Å². The highest BCUT2D eigenvalue weighted by Crippen LogP contribution is 2.21. The number of carbonyl (C=O) groups excluding carboxylic acids is 1. The highest BCUT2D eigenvalue weighted by Gasteiger charge is 2.34. The van der Waals surface area contributed by atoms with Crippen LogP contribution in [0.5, 0.6) is 0 Å². The first kappa shape index (κ1) is 15.9. The molecule has 19 heavy (non-hydrogen) atoms. The van der Waals surface area contributed by atoms with Gasteiger partial charge in [-0.1, -0.05) is 12.2 Å². The van der Waals surface area contributed by atoms with Crippen LogP contribution in [0.4, 0.5) is 4.79 Å². The Balaban J connectivity index is 2.51. The summed E-state index contributed by atoms with van der Waals surface area (Å²) in [7, 11) is 1.59. The maximum atomic E-state index is 11.8. The van der Waals surface area contributed by atoms with Crippen LogP contribution < -0.4 is 0 Å². The minimum Gasteiger partial charge on any atom is -0.442 e. The van der Waals surface area contributed by atoms with Crippen molar-refractivity contribution in [2.45, 2.75) is 44.9 Å². The van der Waals surface area contributed by atoms with Gasteiger partial charge in [-0.3, -0.25) is 5.21 Å². The molecule has 6 nitrogen and oxygen atoms in total. The summed E-state index contributed by atoms with van der Waals surface area (Å²) in [5, 5.41) is 10.5. The van der Waals surface area contributed by atoms with Crippen molar-refractivity contribution in [3.8, 4) is 0 Å². The zero-order valence-electron chi connectivity index (χ0n) is 12.0. The lowest BCUT2D eigenvalue weighted by Crippen LogP contribution is -2.45. The number of methoxy groups -OCH3 is 1. The van der Waals surface area contributed by atoms with Crippen LogP contribution >= 0.6 is 0 Å². The van der Waals surface area contributed by atoms with Crippen LogP contribution in [0.3, 0.4) is 0 Å². The molecule has 1 amide bonds. The lowest BCUT2D eigenvalue weighted by molar-refractivity contribution is -0.143. The van der Waals surface area contributed by atoms with E-state index in [0.717, 1.165) is 0 Å². The SMILES string of the molecule is COCCO[C@H]1C=CC[C@@H]1N(O)C(=O)OC(C)(C)C. The highest BCUT2D eigenvalue weighted by molar-refractivity contribution is 5.67. The van der Waals surface area contributed by atoms with Gasteiger partial charge in [0.25, 0.3) is 0 Å². The number of rotatable bonds is 5. The predicted octanol–water partition coefficient (Wildman–Crippen LogP) is 1.97. The third kappa shape index (κ3) is 5.18. The summed E-state index contributed by atoms with van der Waals surface area (Å²) < 4.78 is 15.5. The molecule has 0 aliphatic heterocycles. The van der Waals surface area contributed by atoms with E-state index in [0.29, 0.717) is 24.7 Å². The van der Waals surface area contributed by atoms with Gasteiger partial charge in [-0.25, -0.2) is 4.79 Å². The van der Waals surface area contributed by atoms with Crippen molar-refractivity contribution in [2.75, 3.05) is 20.3 Å². The first-order chi connectivity index (χ1) is 8.85. The summed E-state index contributed by atoms with van der Waals surface area (Å²) >= 11 is 0. The van der Waals surface area contributed by atoms with E-state index in [1.54, 1.807) is 27.9 Å². The molecule has 0 saturated carbocycles. The highest BCUT2D eigenvalue weighted by atomic mass is 16.6. The minimum absolute atomic E-state index is 0.340. The number of ether oxygens (including phenoxy) is 3. The molecule has 0 aromatic heterocycles. The van der Waals surface area contributed by atoms with E-state index in [1.807, 2.05) is 12.2 Å². The van der Waals surface area contributed by atoms with E-state index < -0.39 is 17.7 Å². The van der Waals surface area contributed by atoms with E-state index in [9.17, 15) is 10.0 Å². The lowest BCUT2D eigenvalue weighted by atomic mass is 10.2. The Morgan fingerprint density at radius 1 is 1.42 bits per heavy atom. The second-order valence-electron chi connectivity index (χ2n) is 5.38. The van der Waals surface area contributed by atoms with E-state index in [1.165, 1.54) is 0 Å². The van der Waals surface area contributed by atoms with Gasteiger partial charge in [-0.05, 0) is 27.2 Å². The van der Waals surface area contributed by atoms with Gasteiger partial charge >= 0.3 is 6.09 Å². The zero-order valence-corrected chi connectivity index (χ0v) is 12.0. The standard InChI is InChI=1S/C13H23NO5/c1-13(2,3)19-12(15)14(16)10-6-5-7-11(10)18-9-8-17-4/h5,7,10-11,16H,6,8-9H2,1-4H3/t10-,11-/m0/s1. The fourth-order valence-electron chi connectivity index (χ4n) is 1.73. The minimum atomic E-state index is -0.762. The smallest absolute Gasteiger partial charge is 0.434 e. The van der Waals surface area contributed by atoms with Crippen LogP contribution in [-0.4, -0.2) is 54.4 Å². The zero-order chi connectivity index (χ0) is 14.5. The summed E-state index contributed by atoms with van der Waals surface area (Å²) in [6, 6.07) is -0.452. The Kier molecular flexibility index (Phi) is 5.78. The number of carbonyl (C=O) groups is 1. The predicted molar refractivity (Wildman–Crippen MR) is 69.0 cm³/mol. The molecule has 0 aromatic carbocycles. The molecule has 0 unspecified atom stereocenters. The third-order valence-electron chi connectivity index (χ3n) is 2.58. The molecule has 1 rings (SSSR count). The summed E-state index contributed by atoms with van der Waals surface area (Å²) in [5.74, 6) is 0.